The lowest BCUT2D eigenvalue weighted by Gasteiger charge is -2.32. The monoisotopic (exact) mass is 610 g/mol. The first-order valence-electron chi connectivity index (χ1n) is 12.4. The number of esters is 2. The first-order chi connectivity index (χ1) is 20.7. The van der Waals surface area contributed by atoms with Crippen LogP contribution in [0.4, 0.5) is 0 Å². The van der Waals surface area contributed by atoms with Crippen LogP contribution in [0.5, 0.6) is 69.0 Å². The topological polar surface area (TPSA) is 264 Å². The Morgan fingerprint density at radius 2 is 1.05 bits per heavy atom. The zero-order chi connectivity index (χ0) is 32.0. The highest BCUT2D eigenvalue weighted by Gasteiger charge is 2.34. The van der Waals surface area contributed by atoms with Gasteiger partial charge in [0.25, 0.3) is 0 Å². The van der Waals surface area contributed by atoms with E-state index in [4.69, 9.17) is 14.2 Å². The average Bonchev–Trinajstić information content (AvgIpc) is 2.96. The maximum atomic E-state index is 13.0. The van der Waals surface area contributed by atoms with Gasteiger partial charge in [-0.2, -0.15) is 0 Å². The van der Waals surface area contributed by atoms with Gasteiger partial charge in [-0.25, -0.2) is 9.59 Å². The molecule has 0 saturated heterocycles. The van der Waals surface area contributed by atoms with Crippen LogP contribution in [0.15, 0.2) is 48.5 Å². The van der Waals surface area contributed by atoms with Gasteiger partial charge >= 0.3 is 11.9 Å². The molecule has 0 unspecified atom stereocenters. The largest absolute Gasteiger partial charge is 0.504 e. The van der Waals surface area contributed by atoms with Crippen molar-refractivity contribution in [2.24, 2.45) is 0 Å². The SMILES string of the molecule is O=C(Oc1cc(OC(=O)c2cc(O)c(O)c(O)c2)c2c(c1)O[C@H](c1cc(O)c(O)c(O)c1)[C@H](O)C2)c1cc(O)c(O)c(O)c1. The Morgan fingerprint density at radius 3 is 1.52 bits per heavy atom. The van der Waals surface area contributed by atoms with Gasteiger partial charge in [0.1, 0.15) is 17.2 Å². The van der Waals surface area contributed by atoms with E-state index in [-0.39, 0.29) is 34.8 Å². The molecule has 0 spiro atoms. The highest BCUT2D eigenvalue weighted by molar-refractivity contribution is 5.94. The van der Waals surface area contributed by atoms with Gasteiger partial charge in [0, 0.05) is 29.7 Å². The van der Waals surface area contributed by atoms with Crippen molar-refractivity contribution in [3.05, 3.63) is 70.8 Å². The van der Waals surface area contributed by atoms with Crippen LogP contribution in [-0.4, -0.2) is 69.1 Å². The second-order valence-corrected chi connectivity index (χ2v) is 9.62. The zero-order valence-electron chi connectivity index (χ0n) is 22.0. The number of aliphatic hydroxyl groups excluding tert-OH is 1. The van der Waals surface area contributed by atoms with Crippen molar-refractivity contribution < 1.29 is 74.9 Å². The van der Waals surface area contributed by atoms with Crippen LogP contribution >= 0.6 is 0 Å². The number of phenols is 9. The summed E-state index contributed by atoms with van der Waals surface area (Å²) in [7, 11) is 0. The van der Waals surface area contributed by atoms with Crippen molar-refractivity contribution in [1.82, 2.24) is 0 Å². The molecule has 4 aromatic carbocycles. The number of rotatable bonds is 5. The first-order valence-corrected chi connectivity index (χ1v) is 12.4. The average molecular weight is 610 g/mol. The minimum absolute atomic E-state index is 0.0296. The van der Waals surface area contributed by atoms with E-state index in [9.17, 15) is 60.7 Å². The molecule has 5 rings (SSSR count). The number of aromatic hydroxyl groups is 9. The summed E-state index contributed by atoms with van der Waals surface area (Å²) in [6, 6.07) is 7.54. The molecular formula is C29H22O15. The number of carbonyl (C=O) groups excluding carboxylic acids is 2. The van der Waals surface area contributed by atoms with E-state index in [2.05, 4.69) is 0 Å². The fraction of sp³-hybridized carbons (Fsp3) is 0.103. The van der Waals surface area contributed by atoms with Crippen LogP contribution in [0.1, 0.15) is 37.9 Å². The fourth-order valence-electron chi connectivity index (χ4n) is 4.43. The molecule has 1 heterocycles. The van der Waals surface area contributed by atoms with Gasteiger partial charge in [-0.1, -0.05) is 0 Å². The molecule has 0 fully saturated rings. The van der Waals surface area contributed by atoms with E-state index in [1.54, 1.807) is 0 Å². The van der Waals surface area contributed by atoms with Crippen LogP contribution in [0.25, 0.3) is 0 Å². The lowest BCUT2D eigenvalue weighted by Crippen LogP contribution is -2.31. The molecule has 0 bridgehead atoms. The Labute approximate surface area is 245 Å². The Balaban J connectivity index is 1.55. The number of carbonyl (C=O) groups is 2. The maximum Gasteiger partial charge on any atom is 0.343 e. The van der Waals surface area contributed by atoms with E-state index in [0.717, 1.165) is 42.5 Å². The molecule has 44 heavy (non-hydrogen) atoms. The normalized spacial score (nSPS) is 15.6. The quantitative estimate of drug-likeness (QED) is 0.0884. The van der Waals surface area contributed by atoms with Gasteiger partial charge in [0.2, 0.25) is 0 Å². The van der Waals surface area contributed by atoms with Crippen molar-refractivity contribution in [2.45, 2.75) is 18.6 Å². The van der Waals surface area contributed by atoms with Crippen molar-refractivity contribution in [3.63, 3.8) is 0 Å². The third-order valence-electron chi connectivity index (χ3n) is 6.60. The lowest BCUT2D eigenvalue weighted by molar-refractivity contribution is 0.0192. The van der Waals surface area contributed by atoms with E-state index in [1.807, 2.05) is 0 Å². The summed E-state index contributed by atoms with van der Waals surface area (Å²) in [6.07, 6.45) is -2.93. The fourth-order valence-corrected chi connectivity index (χ4v) is 4.43. The standard InChI is InChI=1S/C29H22O15/c30-15-1-10(2-16(31)24(15)37)27-21(36)9-14-22(43-27)7-13(42-28(40)11-3-17(32)25(38)18(33)4-11)8-23(14)44-29(41)12-5-19(34)26(39)20(35)6-12/h1-8,21,27,30-39H,9H2/t21-,27-/m1/s1. The van der Waals surface area contributed by atoms with E-state index < -0.39 is 87.0 Å². The molecule has 15 nitrogen and oxygen atoms in total. The summed E-state index contributed by atoms with van der Waals surface area (Å²) in [5.74, 6) is -10.4. The molecule has 0 aliphatic carbocycles. The second kappa shape index (κ2) is 10.9. The molecule has 0 saturated carbocycles. The Hall–Kier alpha value is -6.22. The molecule has 0 radical (unpaired) electrons. The number of hydrogen-bond donors (Lipinski definition) is 10. The van der Waals surface area contributed by atoms with Gasteiger partial charge in [-0.3, -0.25) is 0 Å². The molecule has 15 heteroatoms. The zero-order valence-corrected chi connectivity index (χ0v) is 22.0. The number of ether oxygens (including phenoxy) is 3. The van der Waals surface area contributed by atoms with Crippen molar-refractivity contribution >= 4 is 11.9 Å². The molecule has 1 aliphatic heterocycles. The minimum atomic E-state index is -1.39. The molecule has 10 N–H and O–H groups in total. The van der Waals surface area contributed by atoms with Gasteiger partial charge in [0.15, 0.2) is 57.8 Å². The summed E-state index contributed by atoms with van der Waals surface area (Å²) in [5.41, 5.74) is -0.703. The smallest absolute Gasteiger partial charge is 0.343 e. The third kappa shape index (κ3) is 5.37. The molecule has 1 aliphatic rings. The molecule has 2 atom stereocenters. The summed E-state index contributed by atoms with van der Waals surface area (Å²) >= 11 is 0. The van der Waals surface area contributed by atoms with Crippen molar-refractivity contribution in [3.8, 4) is 69.0 Å². The molecule has 4 aromatic rings. The summed E-state index contributed by atoms with van der Waals surface area (Å²) in [4.78, 5) is 25.8. The van der Waals surface area contributed by atoms with Crippen molar-refractivity contribution in [2.75, 3.05) is 0 Å². The molecular weight excluding hydrogens is 588 g/mol. The highest BCUT2D eigenvalue weighted by atomic mass is 16.6. The van der Waals surface area contributed by atoms with Gasteiger partial charge in [-0.15, -0.1) is 0 Å². The van der Waals surface area contributed by atoms with Gasteiger partial charge in [0.05, 0.1) is 17.2 Å². The number of phenolic OH excluding ortho intramolecular Hbond substituents is 9. The molecule has 0 amide bonds. The van der Waals surface area contributed by atoms with Crippen LogP contribution in [0.3, 0.4) is 0 Å². The summed E-state index contributed by atoms with van der Waals surface area (Å²) in [5, 5.41) is 98.7. The number of benzene rings is 4. The van der Waals surface area contributed by atoms with Crippen LogP contribution in [0.2, 0.25) is 0 Å². The Morgan fingerprint density at radius 1 is 0.614 bits per heavy atom. The molecule has 0 aromatic heterocycles. The summed E-state index contributed by atoms with van der Waals surface area (Å²) < 4.78 is 16.6. The summed E-state index contributed by atoms with van der Waals surface area (Å²) in [6.45, 7) is 0. The first kappa shape index (κ1) is 29.3. The van der Waals surface area contributed by atoms with E-state index >= 15 is 0 Å². The number of aliphatic hydroxyl groups is 1. The minimum Gasteiger partial charge on any atom is -0.504 e. The lowest BCUT2D eigenvalue weighted by atomic mass is 9.93. The Kier molecular flexibility index (Phi) is 7.24. The van der Waals surface area contributed by atoms with Crippen molar-refractivity contribution in [1.29, 1.82) is 0 Å². The number of fused-ring (bicyclic) bond motifs is 1. The van der Waals surface area contributed by atoms with Crippen LogP contribution < -0.4 is 14.2 Å². The van der Waals surface area contributed by atoms with E-state index in [0.29, 0.717) is 0 Å². The maximum absolute atomic E-state index is 13.0. The second-order valence-electron chi connectivity index (χ2n) is 9.62. The predicted octanol–water partition coefficient (Wildman–Crippen LogP) is 2.51. The predicted molar refractivity (Wildman–Crippen MR) is 144 cm³/mol. The van der Waals surface area contributed by atoms with Gasteiger partial charge in [-0.05, 0) is 36.4 Å². The third-order valence-corrected chi connectivity index (χ3v) is 6.60. The van der Waals surface area contributed by atoms with Crippen LogP contribution in [-0.2, 0) is 6.42 Å². The van der Waals surface area contributed by atoms with Crippen LogP contribution in [0, 0.1) is 0 Å². The van der Waals surface area contributed by atoms with Gasteiger partial charge < -0.3 is 65.3 Å². The highest BCUT2D eigenvalue weighted by Crippen LogP contribution is 2.46. The Bertz CT molecular complexity index is 1760. The molecule has 228 valence electrons. The number of hydrogen-bond acceptors (Lipinski definition) is 15. The van der Waals surface area contributed by atoms with E-state index in [1.165, 1.54) is 6.07 Å².